The first-order valence-corrected chi connectivity index (χ1v) is 4.77. The van der Waals surface area contributed by atoms with Crippen molar-refractivity contribution in [2.24, 2.45) is 11.7 Å². The average Bonchev–Trinajstić information content (AvgIpc) is 2.64. The number of Topliss-reactive ketones (excluding diaryl/α,β-unsaturated/α-hetero) is 1. The molecule has 1 amide bonds. The van der Waals surface area contributed by atoms with Crippen molar-refractivity contribution in [1.82, 2.24) is 4.68 Å². The van der Waals surface area contributed by atoms with Crippen LogP contribution in [0.1, 0.15) is 24.3 Å². The molecule has 16 heavy (non-hydrogen) atoms. The molecule has 90 valence electrons. The molecule has 0 atom stereocenters. The van der Waals surface area contributed by atoms with Crippen molar-refractivity contribution in [3.63, 3.8) is 0 Å². The van der Waals surface area contributed by atoms with Gasteiger partial charge >= 0.3 is 0 Å². The lowest BCUT2D eigenvalue weighted by Gasteiger charge is -2.10. The van der Waals surface area contributed by atoms with E-state index in [4.69, 9.17) is 5.73 Å². The molecule has 1 rings (SSSR count). The van der Waals surface area contributed by atoms with Crippen molar-refractivity contribution in [2.45, 2.75) is 13.8 Å². The number of nitrogens with two attached hydrogens (primary N) is 1. The van der Waals surface area contributed by atoms with Gasteiger partial charge in [-0.1, -0.05) is 13.8 Å². The van der Waals surface area contributed by atoms with Gasteiger partial charge in [0.1, 0.15) is 5.69 Å². The maximum Gasteiger partial charge on any atom is 0.252 e. The summed E-state index contributed by atoms with van der Waals surface area (Å²) < 4.78 is 1.40. The Morgan fingerprint density at radius 1 is 1.50 bits per heavy atom. The second-order valence-corrected chi connectivity index (χ2v) is 3.52. The summed E-state index contributed by atoms with van der Waals surface area (Å²) in [6, 6.07) is 3.37. The van der Waals surface area contributed by atoms with Gasteiger partial charge in [0.25, 0.3) is 5.91 Å². The molecule has 0 aliphatic heterocycles. The zero-order valence-corrected chi connectivity index (χ0v) is 10.1. The largest absolute Gasteiger partial charge is 0.322 e. The molecule has 0 saturated carbocycles. The minimum absolute atomic E-state index is 0. The minimum atomic E-state index is -0.330. The zero-order chi connectivity index (χ0) is 11.4. The van der Waals surface area contributed by atoms with Crippen LogP contribution < -0.4 is 11.2 Å². The van der Waals surface area contributed by atoms with E-state index in [1.165, 1.54) is 4.68 Å². The van der Waals surface area contributed by atoms with Gasteiger partial charge < -0.3 is 5.73 Å². The Labute approximate surface area is 100 Å². The third kappa shape index (κ3) is 3.36. The van der Waals surface area contributed by atoms with Crippen LogP contribution in [0, 0.1) is 5.92 Å². The number of carbonyl (C=O) groups is 2. The number of rotatable bonds is 4. The number of ketones is 1. The topological polar surface area (TPSA) is 77.1 Å². The Morgan fingerprint density at radius 2 is 2.12 bits per heavy atom. The molecule has 0 saturated heterocycles. The second-order valence-electron chi connectivity index (χ2n) is 3.52. The van der Waals surface area contributed by atoms with Gasteiger partial charge in [0.05, 0.1) is 6.54 Å². The van der Waals surface area contributed by atoms with E-state index >= 15 is 0 Å². The Balaban J connectivity index is 0.00000225. The summed E-state index contributed by atoms with van der Waals surface area (Å²) in [6.45, 7) is 3.52. The Kier molecular flexibility index (Phi) is 5.77. The van der Waals surface area contributed by atoms with Crippen molar-refractivity contribution < 1.29 is 9.59 Å². The van der Waals surface area contributed by atoms with E-state index in [1.807, 2.05) is 13.8 Å². The molecule has 0 aliphatic rings. The third-order valence-corrected chi connectivity index (χ3v) is 1.96. The first-order chi connectivity index (χ1) is 7.06. The van der Waals surface area contributed by atoms with Gasteiger partial charge in [-0.25, -0.2) is 0 Å². The van der Waals surface area contributed by atoms with E-state index < -0.39 is 0 Å². The van der Waals surface area contributed by atoms with Crippen molar-refractivity contribution in [2.75, 3.05) is 12.0 Å². The fraction of sp³-hybridized carbons (Fsp3) is 0.400. The fourth-order valence-corrected chi connectivity index (χ4v) is 1.15. The number of aromatic nitrogens is 1. The van der Waals surface area contributed by atoms with Crippen LogP contribution in [-0.4, -0.2) is 22.9 Å². The first-order valence-electron chi connectivity index (χ1n) is 4.77. The van der Waals surface area contributed by atoms with Crippen LogP contribution in [0.15, 0.2) is 18.3 Å². The van der Waals surface area contributed by atoms with Gasteiger partial charge in [0, 0.05) is 12.1 Å². The second kappa shape index (κ2) is 6.30. The van der Waals surface area contributed by atoms with Gasteiger partial charge in [-0.2, -0.15) is 0 Å². The predicted octanol–water partition coefficient (Wildman–Crippen LogP) is 0.777. The van der Waals surface area contributed by atoms with Gasteiger partial charge in [0.2, 0.25) is 0 Å². The lowest BCUT2D eigenvalue weighted by molar-refractivity contribution is -0.115. The fourth-order valence-electron chi connectivity index (χ4n) is 1.15. The SMILES string of the molecule is CC(C)C(=O)c1cccn1NC(=O)CN.Cl. The average molecular weight is 246 g/mol. The van der Waals surface area contributed by atoms with Crippen LogP contribution >= 0.6 is 12.4 Å². The van der Waals surface area contributed by atoms with Gasteiger partial charge in [-0.3, -0.25) is 19.7 Å². The number of amides is 1. The summed E-state index contributed by atoms with van der Waals surface area (Å²) >= 11 is 0. The number of nitrogens with zero attached hydrogens (tertiary/aromatic N) is 1. The lowest BCUT2D eigenvalue weighted by Crippen LogP contribution is -2.31. The molecule has 1 aromatic rings. The molecule has 0 unspecified atom stereocenters. The number of hydrogen-bond acceptors (Lipinski definition) is 3. The maximum atomic E-state index is 11.7. The highest BCUT2D eigenvalue weighted by Gasteiger charge is 2.15. The van der Waals surface area contributed by atoms with Crippen LogP contribution in [-0.2, 0) is 4.79 Å². The molecule has 0 aliphatic carbocycles. The summed E-state index contributed by atoms with van der Waals surface area (Å²) in [7, 11) is 0. The molecule has 5 nitrogen and oxygen atoms in total. The van der Waals surface area contributed by atoms with Crippen LogP contribution in [0.5, 0.6) is 0 Å². The Hall–Kier alpha value is -1.33. The van der Waals surface area contributed by atoms with E-state index in [0.29, 0.717) is 5.69 Å². The van der Waals surface area contributed by atoms with Crippen molar-refractivity contribution in [1.29, 1.82) is 0 Å². The molecule has 6 heteroatoms. The molecule has 0 bridgehead atoms. The monoisotopic (exact) mass is 245 g/mol. The molecule has 0 aromatic carbocycles. The van der Waals surface area contributed by atoms with Gasteiger partial charge in [0.15, 0.2) is 5.78 Å². The van der Waals surface area contributed by atoms with Crippen molar-refractivity contribution >= 4 is 24.1 Å². The Bertz CT molecular complexity index is 374. The van der Waals surface area contributed by atoms with Gasteiger partial charge in [-0.15, -0.1) is 12.4 Å². The van der Waals surface area contributed by atoms with E-state index in [-0.39, 0.29) is 36.6 Å². The van der Waals surface area contributed by atoms with E-state index in [0.717, 1.165) is 0 Å². The number of carbonyl (C=O) groups excluding carboxylic acids is 2. The number of nitrogens with one attached hydrogen (secondary N) is 1. The molecular formula is C10H16ClN3O2. The molecule has 0 radical (unpaired) electrons. The number of hydrogen-bond donors (Lipinski definition) is 2. The van der Waals surface area contributed by atoms with E-state index in [2.05, 4.69) is 5.43 Å². The van der Waals surface area contributed by atoms with Crippen molar-refractivity contribution in [3.05, 3.63) is 24.0 Å². The summed E-state index contributed by atoms with van der Waals surface area (Å²) in [5.74, 6) is -0.449. The summed E-state index contributed by atoms with van der Waals surface area (Å²) in [5, 5.41) is 0. The van der Waals surface area contributed by atoms with E-state index in [9.17, 15) is 9.59 Å². The van der Waals surface area contributed by atoms with E-state index in [1.54, 1.807) is 18.3 Å². The first kappa shape index (κ1) is 14.7. The van der Waals surface area contributed by atoms with Crippen LogP contribution in [0.4, 0.5) is 0 Å². The molecule has 3 N–H and O–H groups in total. The standard InChI is InChI=1S/C10H15N3O2.ClH/c1-7(2)10(15)8-4-3-5-13(8)12-9(14)6-11;/h3-5,7H,6,11H2,1-2H3,(H,12,14);1H. The Morgan fingerprint density at radius 3 is 2.62 bits per heavy atom. The quantitative estimate of drug-likeness (QED) is 0.770. The highest BCUT2D eigenvalue weighted by atomic mass is 35.5. The lowest BCUT2D eigenvalue weighted by atomic mass is 10.1. The van der Waals surface area contributed by atoms with Crippen LogP contribution in [0.3, 0.4) is 0 Å². The summed E-state index contributed by atoms with van der Waals surface area (Å²) in [5.41, 5.74) is 8.14. The summed E-state index contributed by atoms with van der Waals surface area (Å²) in [6.07, 6.45) is 1.61. The molecule has 0 fully saturated rings. The van der Waals surface area contributed by atoms with Crippen molar-refractivity contribution in [3.8, 4) is 0 Å². The van der Waals surface area contributed by atoms with Gasteiger partial charge in [-0.05, 0) is 12.1 Å². The predicted molar refractivity (Wildman–Crippen MR) is 64.3 cm³/mol. The zero-order valence-electron chi connectivity index (χ0n) is 9.27. The maximum absolute atomic E-state index is 11.7. The third-order valence-electron chi connectivity index (χ3n) is 1.96. The number of halogens is 1. The van der Waals surface area contributed by atoms with Crippen LogP contribution in [0.2, 0.25) is 0 Å². The minimum Gasteiger partial charge on any atom is -0.322 e. The highest BCUT2D eigenvalue weighted by molar-refractivity contribution is 5.97. The molecule has 0 spiro atoms. The summed E-state index contributed by atoms with van der Waals surface area (Å²) in [4.78, 5) is 22.7. The molecule has 1 aromatic heterocycles. The smallest absolute Gasteiger partial charge is 0.252 e. The molecular weight excluding hydrogens is 230 g/mol. The molecule has 1 heterocycles. The highest BCUT2D eigenvalue weighted by Crippen LogP contribution is 2.08. The normalized spacial score (nSPS) is 9.75. The van der Waals surface area contributed by atoms with Crippen LogP contribution in [0.25, 0.3) is 0 Å².